The Morgan fingerprint density at radius 3 is 2.57 bits per heavy atom. The summed E-state index contributed by atoms with van der Waals surface area (Å²) in [6.07, 6.45) is 0. The molecule has 0 spiro atoms. The summed E-state index contributed by atoms with van der Waals surface area (Å²) in [4.78, 5) is 26.0. The van der Waals surface area contributed by atoms with E-state index in [2.05, 4.69) is 32.0 Å². The van der Waals surface area contributed by atoms with E-state index in [4.69, 9.17) is 16.3 Å². The summed E-state index contributed by atoms with van der Waals surface area (Å²) in [5.74, 6) is -0.889. The van der Waals surface area contributed by atoms with Gasteiger partial charge >= 0.3 is 5.97 Å². The number of benzene rings is 1. The first-order chi connectivity index (χ1) is 14.4. The maximum absolute atomic E-state index is 11.5. The zero-order chi connectivity index (χ0) is 21.3. The zero-order valence-electron chi connectivity index (χ0n) is 16.8. The summed E-state index contributed by atoms with van der Waals surface area (Å²) in [7, 11) is 0. The van der Waals surface area contributed by atoms with Gasteiger partial charge in [-0.3, -0.25) is 4.79 Å². The maximum atomic E-state index is 11.5. The van der Waals surface area contributed by atoms with Crippen molar-refractivity contribution < 1.29 is 14.6 Å². The molecule has 1 aromatic carbocycles. The third-order valence-corrected chi connectivity index (χ3v) is 6.71. The maximum Gasteiger partial charge on any atom is 0.317 e. The van der Waals surface area contributed by atoms with E-state index in [0.29, 0.717) is 27.0 Å². The van der Waals surface area contributed by atoms with Crippen molar-refractivity contribution in [2.24, 2.45) is 5.92 Å². The van der Waals surface area contributed by atoms with E-state index >= 15 is 0 Å². The minimum atomic E-state index is -0.859. The van der Waals surface area contributed by atoms with Crippen LogP contribution in [0.3, 0.4) is 0 Å². The van der Waals surface area contributed by atoms with Crippen LogP contribution in [0.2, 0.25) is 5.02 Å². The Bertz CT molecular complexity index is 1050. The lowest BCUT2D eigenvalue weighted by Gasteiger charge is -2.28. The lowest BCUT2D eigenvalue weighted by Crippen LogP contribution is -2.36. The molecule has 4 rings (SSSR count). The molecule has 0 amide bonds. The number of aromatic nitrogens is 3. The molecule has 0 bridgehead atoms. The number of halogens is 1. The van der Waals surface area contributed by atoms with E-state index in [-0.39, 0.29) is 5.92 Å². The lowest BCUT2D eigenvalue weighted by atomic mass is 10.1. The third kappa shape index (κ3) is 4.40. The summed E-state index contributed by atoms with van der Waals surface area (Å²) in [6, 6.07) is 9.93. The number of aliphatic carboxylic acids is 1. The molecule has 158 valence electrons. The average molecular weight is 447 g/mol. The second-order valence-corrected chi connectivity index (χ2v) is 9.04. The normalized spacial score (nSPS) is 15.7. The van der Waals surface area contributed by atoms with Crippen LogP contribution >= 0.6 is 23.4 Å². The van der Waals surface area contributed by atoms with Gasteiger partial charge in [-0.1, -0.05) is 49.3 Å². The fraction of sp³-hybridized carbons (Fsp3) is 0.381. The molecular weight excluding hydrogens is 424 g/mol. The monoisotopic (exact) mass is 446 g/mol. The zero-order valence-corrected chi connectivity index (χ0v) is 18.3. The number of fused-ring (bicyclic) bond motifs is 1. The van der Waals surface area contributed by atoms with Gasteiger partial charge in [0, 0.05) is 24.3 Å². The Morgan fingerprint density at radius 1 is 1.23 bits per heavy atom. The van der Waals surface area contributed by atoms with E-state index in [0.717, 1.165) is 37.6 Å². The number of nitrogens with zero attached hydrogens (tertiary/aromatic N) is 3. The number of carbonyl (C=O) groups is 1. The van der Waals surface area contributed by atoms with E-state index < -0.39 is 11.2 Å². The Balaban J connectivity index is 1.60. The number of rotatable bonds is 6. The summed E-state index contributed by atoms with van der Waals surface area (Å²) in [6.45, 7) is 7.00. The van der Waals surface area contributed by atoms with Crippen molar-refractivity contribution in [1.29, 1.82) is 0 Å². The van der Waals surface area contributed by atoms with Gasteiger partial charge in [0.1, 0.15) is 5.25 Å². The number of hydrogen-bond acceptors (Lipinski definition) is 6. The predicted octanol–water partition coefficient (Wildman–Crippen LogP) is 4.32. The van der Waals surface area contributed by atoms with Gasteiger partial charge < -0.3 is 19.7 Å². The highest BCUT2D eigenvalue weighted by Crippen LogP contribution is 2.32. The van der Waals surface area contributed by atoms with Crippen LogP contribution in [-0.2, 0) is 9.53 Å². The van der Waals surface area contributed by atoms with Gasteiger partial charge in [0.05, 0.1) is 29.4 Å². The molecule has 1 aliphatic rings. The molecule has 0 saturated carbocycles. The van der Waals surface area contributed by atoms with Crippen molar-refractivity contribution in [3.63, 3.8) is 0 Å². The lowest BCUT2D eigenvalue weighted by molar-refractivity contribution is -0.137. The SMILES string of the molecule is CC(C)C(Sc1nc2nc(-c3ccc(N4CCOCC4)cc3)c(Cl)cc2[nH]1)C(=O)O. The highest BCUT2D eigenvalue weighted by atomic mass is 35.5. The number of aromatic amines is 1. The molecule has 0 radical (unpaired) electrons. The van der Waals surface area contributed by atoms with Crippen LogP contribution in [0.1, 0.15) is 13.8 Å². The van der Waals surface area contributed by atoms with Gasteiger partial charge in [-0.15, -0.1) is 0 Å². The molecule has 7 nitrogen and oxygen atoms in total. The smallest absolute Gasteiger partial charge is 0.317 e. The summed E-state index contributed by atoms with van der Waals surface area (Å²) in [5.41, 5.74) is 3.90. The molecule has 3 heterocycles. The molecule has 9 heteroatoms. The molecule has 30 heavy (non-hydrogen) atoms. The van der Waals surface area contributed by atoms with E-state index in [1.165, 1.54) is 11.8 Å². The van der Waals surface area contributed by atoms with Gasteiger partial charge in [-0.2, -0.15) is 0 Å². The highest BCUT2D eigenvalue weighted by Gasteiger charge is 2.24. The number of pyridine rings is 1. The van der Waals surface area contributed by atoms with Crippen LogP contribution in [0.4, 0.5) is 5.69 Å². The number of thioether (sulfide) groups is 1. The Kier molecular flexibility index (Phi) is 6.17. The van der Waals surface area contributed by atoms with Crippen LogP contribution in [0.5, 0.6) is 0 Å². The summed E-state index contributed by atoms with van der Waals surface area (Å²) >= 11 is 7.69. The fourth-order valence-corrected chi connectivity index (χ4v) is 4.58. The van der Waals surface area contributed by atoms with Crippen molar-refractivity contribution in [2.45, 2.75) is 24.3 Å². The van der Waals surface area contributed by atoms with Crippen LogP contribution in [0, 0.1) is 5.92 Å². The number of ether oxygens (including phenoxy) is 1. The number of carboxylic acids is 1. The minimum absolute atomic E-state index is 0.0298. The molecule has 2 aromatic heterocycles. The van der Waals surface area contributed by atoms with Crippen LogP contribution < -0.4 is 4.90 Å². The molecule has 1 fully saturated rings. The fourth-order valence-electron chi connectivity index (χ4n) is 3.40. The average Bonchev–Trinajstić information content (AvgIpc) is 3.13. The largest absolute Gasteiger partial charge is 0.480 e. The molecule has 1 unspecified atom stereocenters. The molecule has 1 aliphatic heterocycles. The highest BCUT2D eigenvalue weighted by molar-refractivity contribution is 8.00. The first-order valence-corrected chi connectivity index (χ1v) is 11.1. The molecule has 1 saturated heterocycles. The predicted molar refractivity (Wildman–Crippen MR) is 119 cm³/mol. The van der Waals surface area contributed by atoms with E-state index in [1.807, 2.05) is 26.0 Å². The Hall–Kier alpha value is -2.29. The van der Waals surface area contributed by atoms with E-state index in [9.17, 15) is 9.90 Å². The molecular formula is C21H23ClN4O3S. The molecule has 3 aromatic rings. The number of hydrogen-bond donors (Lipinski definition) is 2. The quantitative estimate of drug-likeness (QED) is 0.545. The first-order valence-electron chi connectivity index (χ1n) is 9.81. The number of anilines is 1. The number of nitrogens with one attached hydrogen (secondary N) is 1. The van der Waals surface area contributed by atoms with Gasteiger partial charge in [-0.05, 0) is 24.1 Å². The summed E-state index contributed by atoms with van der Waals surface area (Å²) in [5, 5.41) is 9.87. The number of H-pyrrole nitrogens is 1. The van der Waals surface area contributed by atoms with Gasteiger partial charge in [0.2, 0.25) is 0 Å². The van der Waals surface area contributed by atoms with Gasteiger partial charge in [0.15, 0.2) is 10.8 Å². The second-order valence-electron chi connectivity index (χ2n) is 7.50. The van der Waals surface area contributed by atoms with Crippen molar-refractivity contribution in [2.75, 3.05) is 31.2 Å². The number of imidazole rings is 1. The van der Waals surface area contributed by atoms with Crippen LogP contribution in [-0.4, -0.2) is 57.6 Å². The number of carboxylic acid groups (broad SMARTS) is 1. The van der Waals surface area contributed by atoms with Crippen molar-refractivity contribution in [3.8, 4) is 11.3 Å². The number of morpholine rings is 1. The first kappa shape index (κ1) is 21.0. The van der Waals surface area contributed by atoms with Gasteiger partial charge in [0.25, 0.3) is 0 Å². The Labute approximate surface area is 183 Å². The van der Waals surface area contributed by atoms with Gasteiger partial charge in [-0.25, -0.2) is 9.97 Å². The molecule has 2 N–H and O–H groups in total. The molecule has 1 atom stereocenters. The molecule has 0 aliphatic carbocycles. The van der Waals surface area contributed by atoms with Crippen molar-refractivity contribution in [3.05, 3.63) is 35.4 Å². The minimum Gasteiger partial charge on any atom is -0.480 e. The van der Waals surface area contributed by atoms with E-state index in [1.54, 1.807) is 6.07 Å². The van der Waals surface area contributed by atoms with Crippen molar-refractivity contribution in [1.82, 2.24) is 15.0 Å². The topological polar surface area (TPSA) is 91.3 Å². The van der Waals surface area contributed by atoms with Crippen LogP contribution in [0.15, 0.2) is 35.5 Å². The third-order valence-electron chi connectivity index (χ3n) is 5.01. The van der Waals surface area contributed by atoms with Crippen LogP contribution in [0.25, 0.3) is 22.4 Å². The Morgan fingerprint density at radius 2 is 1.93 bits per heavy atom. The summed E-state index contributed by atoms with van der Waals surface area (Å²) < 4.78 is 5.41. The standard InChI is InChI=1S/C21H23ClN4O3S/c1-12(2)18(20(27)28)30-21-23-16-11-15(22)17(24-19(16)25-21)13-3-5-14(6-4-13)26-7-9-29-10-8-26/h3-6,11-12,18H,7-10H2,1-2H3,(H,27,28)(H,23,24,25). The second kappa shape index (κ2) is 8.83. The van der Waals surface area contributed by atoms with Crippen molar-refractivity contribution >= 4 is 46.2 Å².